The lowest BCUT2D eigenvalue weighted by Gasteiger charge is -2.19. The van der Waals surface area contributed by atoms with Gasteiger partial charge in [0.15, 0.2) is 0 Å². The van der Waals surface area contributed by atoms with Gasteiger partial charge in [0.1, 0.15) is 6.61 Å². The van der Waals surface area contributed by atoms with E-state index in [-0.39, 0.29) is 29.7 Å². The van der Waals surface area contributed by atoms with Crippen molar-refractivity contribution in [2.24, 2.45) is 5.92 Å². The van der Waals surface area contributed by atoms with Gasteiger partial charge in [-0.05, 0) is 31.6 Å². The standard InChI is InChI=1S/C20H23NO2.ClH/c1-21(2)13-14-23-19(22)18-15-20(18,16-9-5-3-6-10-16)17-11-7-4-8-12-17;/h3-12,18H,13-15H2,1-2H3;1H. The maximum Gasteiger partial charge on any atom is 0.310 e. The Labute approximate surface area is 150 Å². The van der Waals surface area contributed by atoms with Crippen molar-refractivity contribution in [3.05, 3.63) is 71.8 Å². The number of halogens is 1. The summed E-state index contributed by atoms with van der Waals surface area (Å²) in [4.78, 5) is 14.5. The Morgan fingerprint density at radius 3 is 2.00 bits per heavy atom. The van der Waals surface area contributed by atoms with E-state index >= 15 is 0 Å². The molecule has 0 radical (unpaired) electrons. The van der Waals surface area contributed by atoms with Crippen LogP contribution in [0, 0.1) is 5.92 Å². The summed E-state index contributed by atoms with van der Waals surface area (Å²) in [6.45, 7) is 1.20. The Morgan fingerprint density at radius 2 is 1.54 bits per heavy atom. The van der Waals surface area contributed by atoms with Gasteiger partial charge in [0.2, 0.25) is 0 Å². The van der Waals surface area contributed by atoms with Crippen LogP contribution >= 0.6 is 12.4 Å². The van der Waals surface area contributed by atoms with E-state index in [2.05, 4.69) is 24.3 Å². The molecule has 2 aromatic carbocycles. The number of likely N-dealkylation sites (N-methyl/N-ethyl adjacent to an activating group) is 1. The molecule has 0 amide bonds. The molecule has 2 aromatic rings. The second kappa shape index (κ2) is 7.82. The van der Waals surface area contributed by atoms with Gasteiger partial charge in [0.05, 0.1) is 5.92 Å². The van der Waals surface area contributed by atoms with E-state index in [1.54, 1.807) is 0 Å². The fraction of sp³-hybridized carbons (Fsp3) is 0.350. The van der Waals surface area contributed by atoms with Crippen molar-refractivity contribution >= 4 is 18.4 Å². The van der Waals surface area contributed by atoms with Gasteiger partial charge in [0.25, 0.3) is 0 Å². The first-order valence-electron chi connectivity index (χ1n) is 8.07. The fourth-order valence-corrected chi connectivity index (χ4v) is 3.25. The van der Waals surface area contributed by atoms with Crippen LogP contribution in [0.1, 0.15) is 17.5 Å². The summed E-state index contributed by atoms with van der Waals surface area (Å²) in [7, 11) is 3.95. The lowest BCUT2D eigenvalue weighted by Crippen LogP contribution is -2.23. The monoisotopic (exact) mass is 345 g/mol. The number of benzene rings is 2. The van der Waals surface area contributed by atoms with Crippen LogP contribution in [0.5, 0.6) is 0 Å². The van der Waals surface area contributed by atoms with E-state index < -0.39 is 0 Å². The minimum Gasteiger partial charge on any atom is -0.464 e. The third-order valence-corrected chi connectivity index (χ3v) is 4.61. The lowest BCUT2D eigenvalue weighted by molar-refractivity contribution is -0.145. The molecule has 1 aliphatic rings. The second-order valence-electron chi connectivity index (χ2n) is 6.43. The van der Waals surface area contributed by atoms with Crippen molar-refractivity contribution < 1.29 is 9.53 Å². The van der Waals surface area contributed by atoms with Crippen molar-refractivity contribution in [1.29, 1.82) is 0 Å². The van der Waals surface area contributed by atoms with E-state index in [0.717, 1.165) is 13.0 Å². The SMILES string of the molecule is CN(C)CCOC(=O)C1CC1(c1ccccc1)c1ccccc1.Cl. The minimum absolute atomic E-state index is 0. The van der Waals surface area contributed by atoms with Gasteiger partial charge in [0, 0.05) is 12.0 Å². The van der Waals surface area contributed by atoms with E-state index in [1.807, 2.05) is 55.4 Å². The van der Waals surface area contributed by atoms with E-state index in [4.69, 9.17) is 4.74 Å². The van der Waals surface area contributed by atoms with Crippen molar-refractivity contribution in [2.45, 2.75) is 11.8 Å². The summed E-state index contributed by atoms with van der Waals surface area (Å²) < 4.78 is 5.49. The number of carbonyl (C=O) groups is 1. The molecule has 128 valence electrons. The topological polar surface area (TPSA) is 29.5 Å². The van der Waals surface area contributed by atoms with Gasteiger partial charge < -0.3 is 9.64 Å². The lowest BCUT2D eigenvalue weighted by atomic mass is 9.86. The van der Waals surface area contributed by atoms with Crippen LogP contribution in [-0.4, -0.2) is 38.1 Å². The Hall–Kier alpha value is -1.84. The molecule has 0 spiro atoms. The van der Waals surface area contributed by atoms with Crippen molar-refractivity contribution in [3.8, 4) is 0 Å². The van der Waals surface area contributed by atoms with E-state index in [0.29, 0.717) is 6.61 Å². The van der Waals surface area contributed by atoms with E-state index in [1.165, 1.54) is 11.1 Å². The maximum atomic E-state index is 12.5. The average molecular weight is 346 g/mol. The van der Waals surface area contributed by atoms with Gasteiger partial charge in [-0.25, -0.2) is 0 Å². The molecule has 0 heterocycles. The number of ether oxygens (including phenoxy) is 1. The zero-order valence-corrected chi connectivity index (χ0v) is 15.0. The predicted molar refractivity (Wildman–Crippen MR) is 98.5 cm³/mol. The Bertz CT molecular complexity index is 618. The highest BCUT2D eigenvalue weighted by Gasteiger charge is 2.61. The van der Waals surface area contributed by atoms with Crippen molar-refractivity contribution in [3.63, 3.8) is 0 Å². The number of carbonyl (C=O) groups excluding carboxylic acids is 1. The summed E-state index contributed by atoms with van der Waals surface area (Å²) in [5.74, 6) is -0.172. The molecule has 4 heteroatoms. The molecular weight excluding hydrogens is 322 g/mol. The largest absolute Gasteiger partial charge is 0.464 e. The first kappa shape index (κ1) is 18.5. The quantitative estimate of drug-likeness (QED) is 0.750. The number of esters is 1. The van der Waals surface area contributed by atoms with Gasteiger partial charge in [-0.15, -0.1) is 12.4 Å². The van der Waals surface area contributed by atoms with E-state index in [9.17, 15) is 4.79 Å². The normalized spacial score (nSPS) is 17.9. The van der Waals surface area contributed by atoms with Crippen LogP contribution in [0.4, 0.5) is 0 Å². The van der Waals surface area contributed by atoms with Crippen LogP contribution in [-0.2, 0) is 14.9 Å². The highest BCUT2D eigenvalue weighted by atomic mass is 35.5. The van der Waals surface area contributed by atoms with Gasteiger partial charge in [-0.1, -0.05) is 60.7 Å². The fourth-order valence-electron chi connectivity index (χ4n) is 3.25. The molecule has 1 unspecified atom stereocenters. The van der Waals surface area contributed by atoms with Crippen LogP contribution in [0.25, 0.3) is 0 Å². The summed E-state index contributed by atoms with van der Waals surface area (Å²) >= 11 is 0. The van der Waals surface area contributed by atoms with Crippen LogP contribution in [0.3, 0.4) is 0 Å². The molecule has 0 saturated heterocycles. The zero-order chi connectivity index (χ0) is 16.3. The molecule has 1 saturated carbocycles. The summed E-state index contributed by atoms with van der Waals surface area (Å²) in [6.07, 6.45) is 0.821. The van der Waals surface area contributed by atoms with Gasteiger partial charge >= 0.3 is 5.97 Å². The van der Waals surface area contributed by atoms with Crippen molar-refractivity contribution in [2.75, 3.05) is 27.2 Å². The molecule has 3 rings (SSSR count). The number of hydrogen-bond donors (Lipinski definition) is 0. The number of rotatable bonds is 6. The Kier molecular flexibility index (Phi) is 6.03. The predicted octanol–water partition coefficient (Wildman–Crippen LogP) is 3.52. The molecular formula is C20H24ClNO2. The van der Waals surface area contributed by atoms with Crippen molar-refractivity contribution in [1.82, 2.24) is 4.90 Å². The molecule has 0 bridgehead atoms. The molecule has 24 heavy (non-hydrogen) atoms. The summed E-state index contributed by atoms with van der Waals surface area (Å²) in [5.41, 5.74) is 2.17. The number of hydrogen-bond acceptors (Lipinski definition) is 3. The first-order valence-corrected chi connectivity index (χ1v) is 8.07. The van der Waals surface area contributed by atoms with Gasteiger partial charge in [-0.3, -0.25) is 4.79 Å². The molecule has 0 aliphatic heterocycles. The molecule has 3 nitrogen and oxygen atoms in total. The third kappa shape index (κ3) is 3.63. The Balaban J connectivity index is 0.00000208. The molecule has 1 fully saturated rings. The highest BCUT2D eigenvalue weighted by molar-refractivity contribution is 5.85. The number of nitrogens with zero attached hydrogens (tertiary/aromatic N) is 1. The second-order valence-corrected chi connectivity index (χ2v) is 6.43. The highest BCUT2D eigenvalue weighted by Crippen LogP contribution is 2.59. The third-order valence-electron chi connectivity index (χ3n) is 4.61. The summed E-state index contributed by atoms with van der Waals surface area (Å²) in [6, 6.07) is 20.6. The van der Waals surface area contributed by atoms with Gasteiger partial charge in [-0.2, -0.15) is 0 Å². The van der Waals surface area contributed by atoms with Crippen LogP contribution in [0.2, 0.25) is 0 Å². The molecule has 0 aromatic heterocycles. The average Bonchev–Trinajstić information content (AvgIpc) is 3.33. The maximum absolute atomic E-state index is 12.5. The zero-order valence-electron chi connectivity index (χ0n) is 14.1. The Morgan fingerprint density at radius 1 is 1.04 bits per heavy atom. The van der Waals surface area contributed by atoms with Crippen LogP contribution in [0.15, 0.2) is 60.7 Å². The molecule has 0 N–H and O–H groups in total. The minimum atomic E-state index is -0.224. The first-order chi connectivity index (χ1) is 11.1. The smallest absolute Gasteiger partial charge is 0.310 e. The summed E-state index contributed by atoms with van der Waals surface area (Å²) in [5, 5.41) is 0. The van der Waals surface area contributed by atoms with Crippen LogP contribution < -0.4 is 0 Å². The molecule has 1 aliphatic carbocycles. The molecule has 1 atom stereocenters.